The van der Waals surface area contributed by atoms with E-state index in [0.717, 1.165) is 18.5 Å². The Kier molecular flexibility index (Phi) is 4.43. The van der Waals surface area contributed by atoms with Crippen molar-refractivity contribution in [2.45, 2.75) is 32.2 Å². The maximum atomic E-state index is 11.2. The van der Waals surface area contributed by atoms with Gasteiger partial charge >= 0.3 is 5.97 Å². The van der Waals surface area contributed by atoms with Crippen molar-refractivity contribution in [3.63, 3.8) is 0 Å². The van der Waals surface area contributed by atoms with Crippen LogP contribution < -0.4 is 4.74 Å². The number of hydrogen-bond acceptors (Lipinski definition) is 3. The van der Waals surface area contributed by atoms with Crippen LogP contribution in [0, 0.1) is 6.92 Å². The summed E-state index contributed by atoms with van der Waals surface area (Å²) in [7, 11) is 2.10. The Morgan fingerprint density at radius 1 is 1.47 bits per heavy atom. The van der Waals surface area contributed by atoms with E-state index >= 15 is 0 Å². The summed E-state index contributed by atoms with van der Waals surface area (Å²) >= 11 is 0. The summed E-state index contributed by atoms with van der Waals surface area (Å²) < 4.78 is 5.82. The van der Waals surface area contributed by atoms with E-state index in [1.807, 2.05) is 13.0 Å². The Bertz CT molecular complexity index is 459. The summed E-state index contributed by atoms with van der Waals surface area (Å²) in [4.78, 5) is 13.5. The van der Waals surface area contributed by atoms with Gasteiger partial charge in [0.25, 0.3) is 0 Å². The van der Waals surface area contributed by atoms with Crippen LogP contribution in [-0.4, -0.2) is 42.2 Å². The van der Waals surface area contributed by atoms with Crippen LogP contribution in [0.2, 0.25) is 0 Å². The number of likely N-dealkylation sites (tertiary alicyclic amines) is 1. The molecule has 104 valence electrons. The quantitative estimate of drug-likeness (QED) is 0.907. The number of carbonyl (C=O) groups is 1. The smallest absolute Gasteiger partial charge is 0.339 e. The number of carboxylic acids is 1. The van der Waals surface area contributed by atoms with E-state index in [1.54, 1.807) is 12.1 Å². The average molecular weight is 263 g/mol. The molecule has 0 amide bonds. The van der Waals surface area contributed by atoms with Gasteiger partial charge in [-0.1, -0.05) is 18.6 Å². The Morgan fingerprint density at radius 3 is 2.95 bits per heavy atom. The third kappa shape index (κ3) is 3.26. The number of piperidine rings is 1. The highest BCUT2D eigenvalue weighted by molar-refractivity contribution is 5.91. The lowest BCUT2D eigenvalue weighted by atomic mass is 10.0. The number of likely N-dealkylation sites (N-methyl/N-ethyl adjacent to an activating group) is 1. The first kappa shape index (κ1) is 13.9. The summed E-state index contributed by atoms with van der Waals surface area (Å²) in [5.74, 6) is -0.426. The number of aryl methyl sites for hydroxylation is 1. The fourth-order valence-corrected chi connectivity index (χ4v) is 2.55. The zero-order valence-corrected chi connectivity index (χ0v) is 11.6. The van der Waals surface area contributed by atoms with Crippen LogP contribution in [-0.2, 0) is 0 Å². The summed E-state index contributed by atoms with van der Waals surface area (Å²) in [6.07, 6.45) is 3.57. The highest BCUT2D eigenvalue weighted by Crippen LogP contribution is 2.25. The Balaban J connectivity index is 2.08. The van der Waals surface area contributed by atoms with E-state index in [2.05, 4.69) is 11.9 Å². The van der Waals surface area contributed by atoms with Crippen LogP contribution >= 0.6 is 0 Å². The maximum absolute atomic E-state index is 11.2. The first-order chi connectivity index (χ1) is 9.09. The molecule has 0 spiro atoms. The van der Waals surface area contributed by atoms with Gasteiger partial charge in [0.05, 0.1) is 0 Å². The zero-order chi connectivity index (χ0) is 13.8. The van der Waals surface area contributed by atoms with E-state index in [1.165, 1.54) is 12.8 Å². The first-order valence-corrected chi connectivity index (χ1v) is 6.75. The van der Waals surface area contributed by atoms with Crippen molar-refractivity contribution in [1.82, 2.24) is 4.90 Å². The zero-order valence-electron chi connectivity index (χ0n) is 11.6. The summed E-state index contributed by atoms with van der Waals surface area (Å²) in [5.41, 5.74) is 1.12. The van der Waals surface area contributed by atoms with Crippen molar-refractivity contribution < 1.29 is 14.6 Å². The van der Waals surface area contributed by atoms with Crippen LogP contribution in [0.15, 0.2) is 18.2 Å². The molecule has 0 bridgehead atoms. The minimum Gasteiger partial charge on any atom is -0.491 e. The lowest BCUT2D eigenvalue weighted by Crippen LogP contribution is -2.40. The third-order valence-electron chi connectivity index (χ3n) is 3.78. The molecule has 2 rings (SSSR count). The number of aromatic carboxylic acids is 1. The number of ether oxygens (including phenoxy) is 1. The van der Waals surface area contributed by atoms with E-state index in [0.29, 0.717) is 18.4 Å². The van der Waals surface area contributed by atoms with Gasteiger partial charge in [0.2, 0.25) is 0 Å². The number of carboxylic acid groups (broad SMARTS) is 1. The normalized spacial score (nSPS) is 20.2. The molecule has 1 atom stereocenters. The van der Waals surface area contributed by atoms with Crippen molar-refractivity contribution in [3.8, 4) is 5.75 Å². The molecule has 0 aliphatic carbocycles. The molecule has 0 radical (unpaired) electrons. The minimum absolute atomic E-state index is 0.249. The lowest BCUT2D eigenvalue weighted by molar-refractivity contribution is 0.0687. The standard InChI is InChI=1S/C15H21NO3/c1-11-6-5-8-13(15(17)18)14(11)19-10-12-7-3-4-9-16(12)2/h5-6,8,12H,3-4,7,9-10H2,1-2H3,(H,17,18). The molecule has 1 N–H and O–H groups in total. The molecule has 0 aromatic heterocycles. The average Bonchev–Trinajstić information content (AvgIpc) is 2.38. The molecule has 4 nitrogen and oxygen atoms in total. The van der Waals surface area contributed by atoms with Crippen molar-refractivity contribution in [3.05, 3.63) is 29.3 Å². The second-order valence-corrected chi connectivity index (χ2v) is 5.20. The van der Waals surface area contributed by atoms with Crippen molar-refractivity contribution in [2.75, 3.05) is 20.2 Å². The maximum Gasteiger partial charge on any atom is 0.339 e. The molecule has 0 saturated carbocycles. The molecule has 1 heterocycles. The van der Waals surface area contributed by atoms with Gasteiger partial charge in [-0.05, 0) is 45.0 Å². The topological polar surface area (TPSA) is 49.8 Å². The van der Waals surface area contributed by atoms with Gasteiger partial charge in [-0.15, -0.1) is 0 Å². The van der Waals surface area contributed by atoms with Crippen molar-refractivity contribution in [1.29, 1.82) is 0 Å². The molecule has 1 unspecified atom stereocenters. The van der Waals surface area contributed by atoms with Crippen molar-refractivity contribution in [2.24, 2.45) is 0 Å². The van der Waals surface area contributed by atoms with E-state index < -0.39 is 5.97 Å². The molecule has 1 aliphatic heterocycles. The van der Waals surface area contributed by atoms with Gasteiger partial charge in [0.15, 0.2) is 0 Å². The molecular formula is C15H21NO3. The van der Waals surface area contributed by atoms with E-state index in [-0.39, 0.29) is 5.56 Å². The molecule has 1 aromatic carbocycles. The largest absolute Gasteiger partial charge is 0.491 e. The number of benzene rings is 1. The lowest BCUT2D eigenvalue weighted by Gasteiger charge is -2.32. The molecule has 4 heteroatoms. The highest BCUT2D eigenvalue weighted by atomic mass is 16.5. The monoisotopic (exact) mass is 263 g/mol. The summed E-state index contributed by atoms with van der Waals surface area (Å²) in [6.45, 7) is 3.53. The fourth-order valence-electron chi connectivity index (χ4n) is 2.55. The second kappa shape index (κ2) is 6.06. The Hall–Kier alpha value is -1.55. The van der Waals surface area contributed by atoms with Crippen LogP contribution in [0.1, 0.15) is 35.2 Å². The number of hydrogen-bond donors (Lipinski definition) is 1. The van der Waals surface area contributed by atoms with Crippen molar-refractivity contribution >= 4 is 5.97 Å². The highest BCUT2D eigenvalue weighted by Gasteiger charge is 2.21. The number of nitrogens with zero attached hydrogens (tertiary/aromatic N) is 1. The molecule has 1 fully saturated rings. The van der Waals surface area contributed by atoms with E-state index in [4.69, 9.17) is 4.74 Å². The number of rotatable bonds is 4. The predicted octanol–water partition coefficient (Wildman–Crippen LogP) is 2.56. The van der Waals surface area contributed by atoms with E-state index in [9.17, 15) is 9.90 Å². The summed E-state index contributed by atoms with van der Waals surface area (Å²) in [5, 5.41) is 9.19. The fraction of sp³-hybridized carbons (Fsp3) is 0.533. The minimum atomic E-state index is -0.935. The first-order valence-electron chi connectivity index (χ1n) is 6.75. The van der Waals surface area contributed by atoms with Crippen LogP contribution in [0.5, 0.6) is 5.75 Å². The SMILES string of the molecule is Cc1cccc(C(=O)O)c1OCC1CCCCN1C. The Labute approximate surface area is 114 Å². The van der Waals surface area contributed by atoms with Gasteiger partial charge < -0.3 is 14.7 Å². The molecule has 1 aromatic rings. The molecule has 1 aliphatic rings. The summed E-state index contributed by atoms with van der Waals surface area (Å²) in [6, 6.07) is 5.61. The predicted molar refractivity (Wildman–Crippen MR) is 73.9 cm³/mol. The second-order valence-electron chi connectivity index (χ2n) is 5.20. The van der Waals surface area contributed by atoms with Crippen LogP contribution in [0.3, 0.4) is 0 Å². The molecule has 19 heavy (non-hydrogen) atoms. The molecular weight excluding hydrogens is 242 g/mol. The van der Waals surface area contributed by atoms with Gasteiger partial charge in [0.1, 0.15) is 17.9 Å². The van der Waals surface area contributed by atoms with Gasteiger partial charge in [0, 0.05) is 6.04 Å². The van der Waals surface area contributed by atoms with Gasteiger partial charge in [-0.3, -0.25) is 0 Å². The van der Waals surface area contributed by atoms with Gasteiger partial charge in [-0.25, -0.2) is 4.79 Å². The van der Waals surface area contributed by atoms with Crippen LogP contribution in [0.25, 0.3) is 0 Å². The van der Waals surface area contributed by atoms with Gasteiger partial charge in [-0.2, -0.15) is 0 Å². The number of para-hydroxylation sites is 1. The van der Waals surface area contributed by atoms with Crippen LogP contribution in [0.4, 0.5) is 0 Å². The molecule has 1 saturated heterocycles. The third-order valence-corrected chi connectivity index (χ3v) is 3.78. The Morgan fingerprint density at radius 2 is 2.26 bits per heavy atom.